The van der Waals surface area contributed by atoms with Crippen molar-refractivity contribution in [1.82, 2.24) is 15.9 Å². The summed E-state index contributed by atoms with van der Waals surface area (Å²) < 4.78 is 5.61. The van der Waals surface area contributed by atoms with E-state index in [0.29, 0.717) is 38.3 Å². The molecule has 1 heterocycles. The zero-order valence-corrected chi connectivity index (χ0v) is 24.3. The van der Waals surface area contributed by atoms with Gasteiger partial charge in [0.1, 0.15) is 0 Å². The highest BCUT2D eigenvalue weighted by atomic mass is 16.8. The molecule has 2 fully saturated rings. The summed E-state index contributed by atoms with van der Waals surface area (Å²) in [4.78, 5) is 46.1. The maximum atomic E-state index is 13.9. The van der Waals surface area contributed by atoms with Crippen LogP contribution in [-0.2, 0) is 24.0 Å². The van der Waals surface area contributed by atoms with Crippen molar-refractivity contribution in [3.63, 3.8) is 0 Å². The molecule has 0 spiro atoms. The molecule has 9 nitrogen and oxygen atoms in total. The Kier molecular flexibility index (Phi) is 13.1. The van der Waals surface area contributed by atoms with Gasteiger partial charge < -0.3 is 10.5 Å². The second kappa shape index (κ2) is 16.5. The number of carbonyl (C=O) groups excluding carboxylic acids is 3. The number of hydrazine groups is 1. The highest BCUT2D eigenvalue weighted by Crippen LogP contribution is 2.34. The van der Waals surface area contributed by atoms with E-state index in [4.69, 9.17) is 15.3 Å². The Hall–Kier alpha value is -2.75. The van der Waals surface area contributed by atoms with Gasteiger partial charge in [0.25, 0.3) is 5.91 Å². The predicted molar refractivity (Wildman–Crippen MR) is 155 cm³/mol. The lowest BCUT2D eigenvalue weighted by atomic mass is 9.80. The Labute approximate surface area is 239 Å². The number of hydrogen-bond donors (Lipinski definition) is 3. The van der Waals surface area contributed by atoms with Crippen molar-refractivity contribution in [2.45, 2.75) is 90.9 Å². The molecule has 0 bridgehead atoms. The largest absolute Gasteiger partial charge is 0.350 e. The number of rotatable bonds is 13. The Bertz CT molecular complexity index is 956. The highest BCUT2D eigenvalue weighted by molar-refractivity contribution is 5.89. The van der Waals surface area contributed by atoms with Gasteiger partial charge in [-0.1, -0.05) is 82.0 Å². The summed E-state index contributed by atoms with van der Waals surface area (Å²) in [6, 6.07) is 9.08. The van der Waals surface area contributed by atoms with E-state index in [1.165, 1.54) is 5.01 Å². The molecular weight excluding hydrogens is 508 g/mol. The molecule has 2 aliphatic rings. The number of hydrogen-bond acceptors (Lipinski definition) is 6. The monoisotopic (exact) mass is 556 g/mol. The van der Waals surface area contributed by atoms with E-state index in [-0.39, 0.29) is 23.6 Å². The summed E-state index contributed by atoms with van der Waals surface area (Å²) in [5.74, 6) is -1.96. The Balaban J connectivity index is 1.84. The third kappa shape index (κ3) is 10.3. The van der Waals surface area contributed by atoms with Gasteiger partial charge in [-0.25, -0.2) is 10.3 Å². The molecule has 4 atom stereocenters. The standard InChI is InChI=1S/C31H48N4O5/c1-22(2)21-35(31(38)23(3)32)33-29(36)27(20-25-14-7-8-15-25)26(17-11-16-24-12-5-4-6-13-24)30(37)34-40-28-18-9-10-19-39-28/h4-6,11-13,16,22-23,25-28H,7-10,14-15,17-21,32H2,1-3H3,(H,33,36)(H,34,37)/t23-,26+,27-,28?/m1/s1. The summed E-state index contributed by atoms with van der Waals surface area (Å²) in [5.41, 5.74) is 12.4. The molecule has 1 aromatic rings. The molecule has 1 aliphatic carbocycles. The van der Waals surface area contributed by atoms with Crippen molar-refractivity contribution in [1.29, 1.82) is 0 Å². The van der Waals surface area contributed by atoms with Crippen LogP contribution in [0.1, 0.15) is 84.1 Å². The number of allylic oxidation sites excluding steroid dienone is 1. The van der Waals surface area contributed by atoms with E-state index in [9.17, 15) is 14.4 Å². The molecule has 40 heavy (non-hydrogen) atoms. The van der Waals surface area contributed by atoms with E-state index >= 15 is 0 Å². The van der Waals surface area contributed by atoms with Crippen LogP contribution in [0, 0.1) is 23.7 Å². The first-order valence-corrected chi connectivity index (χ1v) is 14.9. The van der Waals surface area contributed by atoms with Crippen molar-refractivity contribution in [2.75, 3.05) is 13.2 Å². The fourth-order valence-electron chi connectivity index (χ4n) is 5.45. The van der Waals surface area contributed by atoms with Crippen LogP contribution in [0.5, 0.6) is 0 Å². The maximum absolute atomic E-state index is 13.9. The second-order valence-electron chi connectivity index (χ2n) is 11.6. The lowest BCUT2D eigenvalue weighted by Gasteiger charge is -2.32. The fourth-order valence-corrected chi connectivity index (χ4v) is 5.45. The molecule has 1 aliphatic heterocycles. The SMILES string of the molecule is CC(C)CN(NC(=O)[C@H](CC1CCCC1)[C@H](CC=Cc1ccccc1)C(=O)NOC1CCCCO1)C(=O)[C@@H](C)N. The smallest absolute Gasteiger partial charge is 0.257 e. The topological polar surface area (TPSA) is 123 Å². The lowest BCUT2D eigenvalue weighted by molar-refractivity contribution is -0.203. The number of benzene rings is 1. The van der Waals surface area contributed by atoms with E-state index < -0.39 is 24.2 Å². The maximum Gasteiger partial charge on any atom is 0.257 e. The quantitative estimate of drug-likeness (QED) is 0.311. The number of amides is 3. The first kappa shape index (κ1) is 31.8. The summed E-state index contributed by atoms with van der Waals surface area (Å²) in [6.45, 7) is 6.47. The number of carbonyl (C=O) groups is 3. The summed E-state index contributed by atoms with van der Waals surface area (Å²) in [6.07, 6.45) is 11.2. The zero-order chi connectivity index (χ0) is 28.9. The molecule has 0 radical (unpaired) electrons. The van der Waals surface area contributed by atoms with E-state index in [1.54, 1.807) is 6.92 Å². The van der Waals surface area contributed by atoms with E-state index in [2.05, 4.69) is 10.9 Å². The molecule has 1 saturated carbocycles. The molecule has 1 unspecified atom stereocenters. The van der Waals surface area contributed by atoms with E-state index in [0.717, 1.165) is 44.1 Å². The zero-order valence-electron chi connectivity index (χ0n) is 24.3. The summed E-state index contributed by atoms with van der Waals surface area (Å²) in [5, 5.41) is 1.32. The van der Waals surface area contributed by atoms with Gasteiger partial charge in [0.15, 0.2) is 6.29 Å². The number of nitrogens with one attached hydrogen (secondary N) is 2. The molecule has 222 valence electrons. The molecule has 3 amide bonds. The molecule has 3 rings (SSSR count). The average molecular weight is 557 g/mol. The van der Waals surface area contributed by atoms with Gasteiger partial charge in [0.05, 0.1) is 17.9 Å². The van der Waals surface area contributed by atoms with Crippen LogP contribution >= 0.6 is 0 Å². The Morgan fingerprint density at radius 3 is 2.35 bits per heavy atom. The Morgan fingerprint density at radius 2 is 1.73 bits per heavy atom. The van der Waals surface area contributed by atoms with Crippen molar-refractivity contribution in [2.24, 2.45) is 29.4 Å². The van der Waals surface area contributed by atoms with Gasteiger partial charge in [-0.05, 0) is 50.0 Å². The second-order valence-corrected chi connectivity index (χ2v) is 11.6. The fraction of sp³-hybridized carbons (Fsp3) is 0.645. The van der Waals surface area contributed by atoms with Crippen LogP contribution in [0.25, 0.3) is 6.08 Å². The van der Waals surface area contributed by atoms with Crippen LogP contribution < -0.4 is 16.6 Å². The third-order valence-electron chi connectivity index (χ3n) is 7.60. The van der Waals surface area contributed by atoms with Gasteiger partial charge >= 0.3 is 0 Å². The van der Waals surface area contributed by atoms with Crippen LogP contribution in [0.15, 0.2) is 36.4 Å². The Morgan fingerprint density at radius 1 is 1.02 bits per heavy atom. The minimum Gasteiger partial charge on any atom is -0.350 e. The van der Waals surface area contributed by atoms with Gasteiger partial charge in [0.2, 0.25) is 11.8 Å². The predicted octanol–water partition coefficient (Wildman–Crippen LogP) is 4.34. The van der Waals surface area contributed by atoms with Gasteiger partial charge in [-0.3, -0.25) is 24.8 Å². The molecule has 9 heteroatoms. The minimum absolute atomic E-state index is 0.119. The van der Waals surface area contributed by atoms with Gasteiger partial charge in [-0.15, -0.1) is 0 Å². The minimum atomic E-state index is -0.760. The number of nitrogens with two attached hydrogens (primary N) is 1. The van der Waals surface area contributed by atoms with Crippen LogP contribution in [0.4, 0.5) is 0 Å². The molecule has 1 saturated heterocycles. The van der Waals surface area contributed by atoms with Crippen LogP contribution in [-0.4, -0.2) is 48.2 Å². The number of hydroxylamine groups is 1. The van der Waals surface area contributed by atoms with Crippen molar-refractivity contribution in [3.05, 3.63) is 42.0 Å². The molecule has 4 N–H and O–H groups in total. The number of ether oxygens (including phenoxy) is 1. The van der Waals surface area contributed by atoms with Crippen molar-refractivity contribution >= 4 is 23.8 Å². The normalized spacial score (nSPS) is 20.3. The van der Waals surface area contributed by atoms with Gasteiger partial charge in [-0.2, -0.15) is 0 Å². The number of nitrogens with zero attached hydrogens (tertiary/aromatic N) is 1. The molecule has 0 aromatic heterocycles. The average Bonchev–Trinajstić information content (AvgIpc) is 3.46. The van der Waals surface area contributed by atoms with E-state index in [1.807, 2.05) is 56.3 Å². The van der Waals surface area contributed by atoms with Crippen molar-refractivity contribution < 1.29 is 24.0 Å². The van der Waals surface area contributed by atoms with Crippen LogP contribution in [0.3, 0.4) is 0 Å². The third-order valence-corrected chi connectivity index (χ3v) is 7.60. The first-order valence-electron chi connectivity index (χ1n) is 14.9. The lowest BCUT2D eigenvalue weighted by Crippen LogP contribution is -2.55. The van der Waals surface area contributed by atoms with Crippen LogP contribution in [0.2, 0.25) is 0 Å². The van der Waals surface area contributed by atoms with Crippen molar-refractivity contribution in [3.8, 4) is 0 Å². The molecule has 1 aromatic carbocycles. The first-order chi connectivity index (χ1) is 19.2. The molecular formula is C31H48N4O5. The highest BCUT2D eigenvalue weighted by Gasteiger charge is 2.37. The summed E-state index contributed by atoms with van der Waals surface area (Å²) >= 11 is 0. The van der Waals surface area contributed by atoms with Gasteiger partial charge in [0, 0.05) is 19.6 Å². The summed E-state index contributed by atoms with van der Waals surface area (Å²) in [7, 11) is 0.